The van der Waals surface area contributed by atoms with Crippen LogP contribution >= 0.6 is 22.7 Å². The van der Waals surface area contributed by atoms with Crippen molar-refractivity contribution in [3.63, 3.8) is 0 Å². The van der Waals surface area contributed by atoms with Crippen molar-refractivity contribution in [2.75, 3.05) is 0 Å². The fourth-order valence-electron chi connectivity index (χ4n) is 6.64. The molecule has 0 spiro atoms. The molecule has 0 radical (unpaired) electrons. The van der Waals surface area contributed by atoms with E-state index in [0.29, 0.717) is 17.6 Å². The van der Waals surface area contributed by atoms with Crippen LogP contribution < -0.4 is 0 Å². The molecule has 262 valence electrons. The first kappa shape index (κ1) is 42.2. The van der Waals surface area contributed by atoms with E-state index in [9.17, 15) is 10.2 Å². The molecule has 0 saturated carbocycles. The first-order valence-electron chi connectivity index (χ1n) is 19.0. The lowest BCUT2D eigenvalue weighted by Crippen LogP contribution is -2.27. The smallest absolute Gasteiger partial charge is 0.135 e. The highest BCUT2D eigenvalue weighted by atomic mass is 32.1. The highest BCUT2D eigenvalue weighted by molar-refractivity contribution is 7.20. The third-order valence-electron chi connectivity index (χ3n) is 9.86. The van der Waals surface area contributed by atoms with Crippen molar-refractivity contribution < 1.29 is 10.2 Å². The van der Waals surface area contributed by atoms with Gasteiger partial charge in [0.25, 0.3) is 0 Å². The van der Waals surface area contributed by atoms with Gasteiger partial charge in [0.2, 0.25) is 0 Å². The zero-order chi connectivity index (χ0) is 33.8. The largest absolute Gasteiger partial charge is 0.506 e. The van der Waals surface area contributed by atoms with Gasteiger partial charge < -0.3 is 10.2 Å². The summed E-state index contributed by atoms with van der Waals surface area (Å²) in [6.45, 7) is 22.9. The first-order valence-corrected chi connectivity index (χ1v) is 20.7. The second-order valence-corrected chi connectivity index (χ2v) is 17.2. The topological polar surface area (TPSA) is 40.5 Å². The Morgan fingerprint density at radius 1 is 0.533 bits per heavy atom. The molecule has 0 saturated heterocycles. The fraction of sp³-hybridized carbons (Fsp3) is 0.805. The Balaban J connectivity index is 0.00000496. The summed E-state index contributed by atoms with van der Waals surface area (Å²) in [6, 6.07) is 3.91. The SMILES string of the molecule is CC.CC(C)CCCC(C)CCCC(C)CCC(O)(CCC(C)CCCC(C)CCCC(C)C)c1ccsc1-c1sccc1O. The Morgan fingerprint density at radius 3 is 1.27 bits per heavy atom. The minimum atomic E-state index is -0.845. The molecule has 0 aromatic carbocycles. The molecule has 0 aliphatic carbocycles. The molecule has 0 fully saturated rings. The van der Waals surface area contributed by atoms with Crippen molar-refractivity contribution in [1.82, 2.24) is 0 Å². The molecular formula is C41H74O2S2. The molecule has 4 atom stereocenters. The Morgan fingerprint density at radius 2 is 0.889 bits per heavy atom. The molecule has 0 aliphatic rings. The van der Waals surface area contributed by atoms with Crippen LogP contribution in [0.3, 0.4) is 0 Å². The van der Waals surface area contributed by atoms with E-state index in [1.54, 1.807) is 28.7 Å². The van der Waals surface area contributed by atoms with Crippen LogP contribution in [0.2, 0.25) is 0 Å². The second kappa shape index (κ2) is 23.5. The van der Waals surface area contributed by atoms with Crippen LogP contribution in [-0.2, 0) is 5.60 Å². The van der Waals surface area contributed by atoms with Gasteiger partial charge in [0.15, 0.2) is 0 Å². The van der Waals surface area contributed by atoms with Crippen LogP contribution in [0.1, 0.15) is 178 Å². The second-order valence-electron chi connectivity index (χ2n) is 15.3. The fourth-order valence-corrected chi connectivity index (χ4v) is 8.61. The zero-order valence-corrected chi connectivity index (χ0v) is 32.9. The van der Waals surface area contributed by atoms with Crippen LogP contribution in [0.4, 0.5) is 0 Å². The molecule has 2 rings (SSSR count). The van der Waals surface area contributed by atoms with Gasteiger partial charge >= 0.3 is 0 Å². The molecule has 0 amide bonds. The lowest BCUT2D eigenvalue weighted by Gasteiger charge is -2.31. The van der Waals surface area contributed by atoms with Crippen LogP contribution in [0, 0.1) is 35.5 Å². The molecule has 2 heterocycles. The Bertz CT molecular complexity index is 938. The first-order chi connectivity index (χ1) is 21.4. The summed E-state index contributed by atoms with van der Waals surface area (Å²) in [7, 11) is 0. The minimum absolute atomic E-state index is 0.336. The quantitative estimate of drug-likeness (QED) is 0.117. The van der Waals surface area contributed by atoms with Crippen LogP contribution in [0.25, 0.3) is 9.75 Å². The number of rotatable bonds is 24. The van der Waals surface area contributed by atoms with E-state index in [4.69, 9.17) is 0 Å². The monoisotopic (exact) mass is 663 g/mol. The third-order valence-corrected chi connectivity index (χ3v) is 11.8. The van der Waals surface area contributed by atoms with Crippen molar-refractivity contribution in [2.45, 2.75) is 178 Å². The van der Waals surface area contributed by atoms with E-state index in [1.165, 1.54) is 77.0 Å². The number of hydrogen-bond acceptors (Lipinski definition) is 4. The summed E-state index contributed by atoms with van der Waals surface area (Å²) in [6.07, 6.45) is 19.6. The van der Waals surface area contributed by atoms with Crippen molar-refractivity contribution in [2.24, 2.45) is 35.5 Å². The van der Waals surface area contributed by atoms with Gasteiger partial charge in [0.05, 0.1) is 15.4 Å². The summed E-state index contributed by atoms with van der Waals surface area (Å²) in [5.41, 5.74) is 0.190. The van der Waals surface area contributed by atoms with E-state index in [-0.39, 0.29) is 0 Å². The molecule has 45 heavy (non-hydrogen) atoms. The summed E-state index contributed by atoms with van der Waals surface area (Å²) >= 11 is 3.23. The lowest BCUT2D eigenvalue weighted by atomic mass is 9.80. The van der Waals surface area contributed by atoms with Crippen molar-refractivity contribution in [3.8, 4) is 15.5 Å². The average molecular weight is 663 g/mol. The molecule has 2 aromatic rings. The highest BCUT2D eigenvalue weighted by Crippen LogP contribution is 2.47. The maximum absolute atomic E-state index is 12.4. The summed E-state index contributed by atoms with van der Waals surface area (Å²) in [5, 5.41) is 27.0. The standard InChI is InChI=1S/C39H68O2S2.C2H6/c1-29(2)13-9-15-31(5)17-11-19-33(7)21-25-39(41,35-23-27-42-37(35)38-36(40)24-28-43-38)26-22-34(8)20-12-18-32(6)16-10-14-30(3)4;1-2/h23-24,27-34,40-41H,9-22,25-26H2,1-8H3;1-2H3. The van der Waals surface area contributed by atoms with Gasteiger partial charge in [0, 0.05) is 5.56 Å². The van der Waals surface area contributed by atoms with Gasteiger partial charge in [-0.1, -0.05) is 146 Å². The van der Waals surface area contributed by atoms with E-state index in [0.717, 1.165) is 64.7 Å². The normalized spacial score (nSPS) is 15.8. The number of aromatic hydroxyl groups is 1. The van der Waals surface area contributed by atoms with E-state index in [2.05, 4.69) is 66.8 Å². The van der Waals surface area contributed by atoms with E-state index < -0.39 is 5.60 Å². The Labute approximate surface area is 288 Å². The Kier molecular flexibility index (Phi) is 22.0. The molecule has 0 aliphatic heterocycles. The lowest BCUT2D eigenvalue weighted by molar-refractivity contribution is 0.00748. The number of aliphatic hydroxyl groups is 1. The zero-order valence-electron chi connectivity index (χ0n) is 31.3. The van der Waals surface area contributed by atoms with Crippen LogP contribution in [0.5, 0.6) is 5.75 Å². The average Bonchev–Trinajstić information content (AvgIpc) is 3.65. The summed E-state index contributed by atoms with van der Waals surface area (Å²) in [4.78, 5) is 1.96. The van der Waals surface area contributed by atoms with Crippen LogP contribution in [0.15, 0.2) is 22.9 Å². The molecule has 4 unspecified atom stereocenters. The van der Waals surface area contributed by atoms with Crippen LogP contribution in [-0.4, -0.2) is 10.2 Å². The van der Waals surface area contributed by atoms with Gasteiger partial charge in [-0.05, 0) is 84.1 Å². The maximum Gasteiger partial charge on any atom is 0.135 e. The molecule has 4 heteroatoms. The molecule has 2 N–H and O–H groups in total. The van der Waals surface area contributed by atoms with Gasteiger partial charge in [-0.15, -0.1) is 22.7 Å². The van der Waals surface area contributed by atoms with Gasteiger partial charge in [-0.2, -0.15) is 0 Å². The van der Waals surface area contributed by atoms with Crippen molar-refractivity contribution in [3.05, 3.63) is 28.5 Å². The summed E-state index contributed by atoms with van der Waals surface area (Å²) in [5.74, 6) is 4.83. The summed E-state index contributed by atoms with van der Waals surface area (Å²) < 4.78 is 0. The minimum Gasteiger partial charge on any atom is -0.506 e. The Hall–Kier alpha value is -0.840. The number of hydrogen-bond donors (Lipinski definition) is 2. The highest BCUT2D eigenvalue weighted by Gasteiger charge is 2.34. The van der Waals surface area contributed by atoms with E-state index >= 15 is 0 Å². The number of thiophene rings is 2. The molecule has 2 nitrogen and oxygen atoms in total. The predicted molar refractivity (Wildman–Crippen MR) is 205 cm³/mol. The maximum atomic E-state index is 12.4. The predicted octanol–water partition coefficient (Wildman–Crippen LogP) is 14.5. The van der Waals surface area contributed by atoms with Crippen molar-refractivity contribution >= 4 is 22.7 Å². The third kappa shape index (κ3) is 17.2. The van der Waals surface area contributed by atoms with Gasteiger partial charge in [-0.3, -0.25) is 0 Å². The van der Waals surface area contributed by atoms with Gasteiger partial charge in [0.1, 0.15) is 5.75 Å². The molecular weight excluding hydrogens is 589 g/mol. The molecule has 2 aromatic heterocycles. The van der Waals surface area contributed by atoms with E-state index in [1.807, 2.05) is 19.2 Å². The van der Waals surface area contributed by atoms with Crippen molar-refractivity contribution in [1.29, 1.82) is 0 Å². The molecule has 0 bridgehead atoms. The van der Waals surface area contributed by atoms with Gasteiger partial charge in [-0.25, -0.2) is 0 Å².